The molecule has 0 unspecified atom stereocenters. The summed E-state index contributed by atoms with van der Waals surface area (Å²) in [6, 6.07) is 8.05. The van der Waals surface area contributed by atoms with Crippen molar-refractivity contribution >= 4 is 53.6 Å². The van der Waals surface area contributed by atoms with E-state index in [1.54, 1.807) is 12.2 Å². The maximum atomic E-state index is 12.0. The summed E-state index contributed by atoms with van der Waals surface area (Å²) in [4.78, 5) is 36.7. The lowest BCUT2D eigenvalue weighted by Crippen LogP contribution is -2.69. The molecule has 2 aliphatic rings. The first-order valence-electron chi connectivity index (χ1n) is 9.54. The number of carboxylic acid groups (broad SMARTS) is 2. The van der Waals surface area contributed by atoms with E-state index in [1.165, 1.54) is 16.7 Å². The number of carbonyl (C=O) groups excluding carboxylic acids is 2. The minimum absolute atomic E-state index is 0. The summed E-state index contributed by atoms with van der Waals surface area (Å²) >= 11 is 1.41. The Labute approximate surface area is 202 Å². The van der Waals surface area contributed by atoms with Crippen molar-refractivity contribution < 1.29 is 29.1 Å². The molecular weight excluding hydrogens is 533 g/mol. The van der Waals surface area contributed by atoms with Gasteiger partial charge in [0.05, 0.1) is 32.3 Å². The molecule has 0 aliphatic carbocycles. The van der Waals surface area contributed by atoms with Crippen LogP contribution in [0.3, 0.4) is 0 Å². The molecule has 10 heteroatoms. The van der Waals surface area contributed by atoms with Gasteiger partial charge < -0.3 is 25.2 Å². The van der Waals surface area contributed by atoms with Gasteiger partial charge in [-0.1, -0.05) is 36.4 Å². The van der Waals surface area contributed by atoms with Crippen molar-refractivity contribution in [1.82, 2.24) is 4.90 Å². The summed E-state index contributed by atoms with van der Waals surface area (Å²) in [7, 11) is 3.65. The van der Waals surface area contributed by atoms with Gasteiger partial charge in [-0.15, -0.1) is 35.7 Å². The number of carboxylic acids is 2. The zero-order chi connectivity index (χ0) is 22.1. The highest BCUT2D eigenvalue weighted by molar-refractivity contribution is 14.0. The van der Waals surface area contributed by atoms with E-state index in [2.05, 4.69) is 0 Å². The van der Waals surface area contributed by atoms with Crippen LogP contribution in [0.25, 0.3) is 0 Å². The fraction of sp³-hybridized carbons (Fsp3) is 0.381. The first-order valence-corrected chi connectivity index (χ1v) is 10.6. The molecule has 1 amide bonds. The van der Waals surface area contributed by atoms with Crippen LogP contribution >= 0.6 is 35.7 Å². The number of benzene rings is 1. The summed E-state index contributed by atoms with van der Waals surface area (Å²) in [5.74, 6) is -2.35. The maximum Gasteiger partial charge on any atom is 0.362 e. The number of β-lactam (4-membered cyclic amide) rings is 1. The van der Waals surface area contributed by atoms with Crippen molar-refractivity contribution in [2.45, 2.75) is 23.9 Å². The molecule has 1 aromatic carbocycles. The summed E-state index contributed by atoms with van der Waals surface area (Å²) in [5.41, 5.74) is 6.99. The van der Waals surface area contributed by atoms with E-state index in [-0.39, 0.29) is 39.5 Å². The second kappa shape index (κ2) is 10.2. The lowest BCUT2D eigenvalue weighted by Gasteiger charge is -2.49. The van der Waals surface area contributed by atoms with Gasteiger partial charge in [0.15, 0.2) is 6.04 Å². The first-order chi connectivity index (χ1) is 14.1. The van der Waals surface area contributed by atoms with Crippen LogP contribution in [0.15, 0.2) is 53.8 Å². The molecule has 1 saturated heterocycles. The Bertz CT molecular complexity index is 919. The molecule has 8 nitrogen and oxygen atoms in total. The number of amides is 1. The Morgan fingerprint density at radius 1 is 1.35 bits per heavy atom. The molecule has 3 rings (SSSR count). The third-order valence-electron chi connectivity index (χ3n) is 5.53. The van der Waals surface area contributed by atoms with E-state index in [0.717, 1.165) is 5.56 Å². The molecule has 1 aromatic rings. The Balaban J connectivity index is 0.00000341. The minimum atomic E-state index is -1.42. The second-order valence-electron chi connectivity index (χ2n) is 8.00. The van der Waals surface area contributed by atoms with Crippen LogP contribution < -0.4 is 10.8 Å². The lowest BCUT2D eigenvalue weighted by atomic mass is 10.0. The average Bonchev–Trinajstić information content (AvgIpc) is 2.71. The SMILES string of the molecule is C[N+](C)(C/C=C/C1=C(C(=O)[O-])N2C(=O)[C@@H](N)[C@H]2SC1)[C@@H](Cc1ccccc1)C(=O)O.I. The standard InChI is InChI=1S/C21H25N3O5S.HI/c1-24(2,15(20(26)27)11-13-7-4-3-5-8-13)10-6-9-14-12-30-19-16(22)18(25)23(19)17(14)21(28)29;/h3-9,15-16,19H,10-12,22H2,1-2H3,(H-,26,27,28,29);1H/b9-6+;/t15-,16+,19+;/m0./s1. The predicted molar refractivity (Wildman–Crippen MR) is 126 cm³/mol. The summed E-state index contributed by atoms with van der Waals surface area (Å²) in [6.45, 7) is 0.370. The van der Waals surface area contributed by atoms with Gasteiger partial charge in [0.2, 0.25) is 5.91 Å². The van der Waals surface area contributed by atoms with Crippen molar-refractivity contribution in [2.75, 3.05) is 26.4 Å². The van der Waals surface area contributed by atoms with Crippen LogP contribution in [0.2, 0.25) is 0 Å². The van der Waals surface area contributed by atoms with Crippen molar-refractivity contribution in [1.29, 1.82) is 0 Å². The van der Waals surface area contributed by atoms with E-state index in [9.17, 15) is 24.6 Å². The number of thioether (sulfide) groups is 1. The third kappa shape index (κ3) is 5.30. The zero-order valence-corrected chi connectivity index (χ0v) is 20.4. The van der Waals surface area contributed by atoms with Gasteiger partial charge in [-0.2, -0.15) is 0 Å². The molecular formula is C21H26IN3O5S. The van der Waals surface area contributed by atoms with Gasteiger partial charge in [0, 0.05) is 12.2 Å². The van der Waals surface area contributed by atoms with E-state index in [4.69, 9.17) is 5.73 Å². The molecule has 2 heterocycles. The predicted octanol–water partition coefficient (Wildman–Crippen LogP) is 0.179. The Morgan fingerprint density at radius 3 is 2.58 bits per heavy atom. The Kier molecular flexibility index (Phi) is 8.31. The minimum Gasteiger partial charge on any atom is -0.543 e. The monoisotopic (exact) mass is 559 g/mol. The number of halogens is 1. The summed E-state index contributed by atoms with van der Waals surface area (Å²) in [5, 5.41) is 21.0. The molecule has 2 aliphatic heterocycles. The maximum absolute atomic E-state index is 12.0. The molecule has 0 bridgehead atoms. The molecule has 0 spiro atoms. The number of hydrogen-bond acceptors (Lipinski definition) is 6. The van der Waals surface area contributed by atoms with E-state index in [0.29, 0.717) is 24.3 Å². The van der Waals surface area contributed by atoms with Gasteiger partial charge in [-0.05, 0) is 17.2 Å². The number of carbonyl (C=O) groups is 3. The molecule has 168 valence electrons. The first kappa shape index (κ1) is 25.4. The number of aliphatic carboxylic acids is 2. The fourth-order valence-electron chi connectivity index (χ4n) is 3.72. The van der Waals surface area contributed by atoms with Crippen LogP contribution in [0.4, 0.5) is 0 Å². The number of fused-ring (bicyclic) bond motifs is 1. The molecule has 0 saturated carbocycles. The highest BCUT2D eigenvalue weighted by atomic mass is 127. The van der Waals surface area contributed by atoms with Crippen molar-refractivity contribution in [2.24, 2.45) is 5.73 Å². The molecule has 0 radical (unpaired) electrons. The van der Waals surface area contributed by atoms with Gasteiger partial charge in [0.1, 0.15) is 11.4 Å². The number of likely N-dealkylation sites (N-methyl/N-ethyl adjacent to an activating group) is 1. The van der Waals surface area contributed by atoms with Gasteiger partial charge in [-0.3, -0.25) is 9.69 Å². The number of quaternary nitrogens is 1. The quantitative estimate of drug-likeness (QED) is 0.265. The third-order valence-corrected chi connectivity index (χ3v) is 6.85. The largest absolute Gasteiger partial charge is 0.543 e. The number of rotatable bonds is 8. The lowest BCUT2D eigenvalue weighted by molar-refractivity contribution is -0.900. The van der Waals surface area contributed by atoms with Crippen molar-refractivity contribution in [3.05, 3.63) is 59.3 Å². The number of nitrogens with two attached hydrogens (primary N) is 1. The smallest absolute Gasteiger partial charge is 0.362 e. The van der Waals surface area contributed by atoms with Crippen LogP contribution in [0.1, 0.15) is 5.56 Å². The fourth-order valence-corrected chi connectivity index (χ4v) is 4.99. The average molecular weight is 559 g/mol. The summed E-state index contributed by atoms with van der Waals surface area (Å²) in [6.07, 6.45) is 3.78. The van der Waals surface area contributed by atoms with Crippen LogP contribution in [0, 0.1) is 0 Å². The highest BCUT2D eigenvalue weighted by Crippen LogP contribution is 2.39. The van der Waals surface area contributed by atoms with Crippen LogP contribution in [-0.4, -0.2) is 76.2 Å². The Hall–Kier alpha value is -1.89. The van der Waals surface area contributed by atoms with Gasteiger partial charge in [0.25, 0.3) is 0 Å². The molecule has 1 fully saturated rings. The topological polar surface area (TPSA) is 124 Å². The van der Waals surface area contributed by atoms with E-state index >= 15 is 0 Å². The zero-order valence-electron chi connectivity index (χ0n) is 17.3. The normalized spacial score (nSPS) is 21.9. The molecule has 3 atom stereocenters. The summed E-state index contributed by atoms with van der Waals surface area (Å²) < 4.78 is 0.179. The second-order valence-corrected chi connectivity index (χ2v) is 9.11. The number of nitrogens with zero attached hydrogens (tertiary/aromatic N) is 2. The van der Waals surface area contributed by atoms with Crippen LogP contribution in [0.5, 0.6) is 0 Å². The highest BCUT2D eigenvalue weighted by Gasteiger charge is 2.49. The molecule has 0 aromatic heterocycles. The number of hydrogen-bond donors (Lipinski definition) is 2. The molecule has 3 N–H and O–H groups in total. The molecule has 31 heavy (non-hydrogen) atoms. The van der Waals surface area contributed by atoms with Gasteiger partial charge >= 0.3 is 5.97 Å². The van der Waals surface area contributed by atoms with Gasteiger partial charge in [-0.25, -0.2) is 4.79 Å². The van der Waals surface area contributed by atoms with Crippen molar-refractivity contribution in [3.8, 4) is 0 Å². The number of allylic oxidation sites excluding steroid dienone is 1. The van der Waals surface area contributed by atoms with E-state index < -0.39 is 29.9 Å². The van der Waals surface area contributed by atoms with E-state index in [1.807, 2.05) is 44.4 Å². The van der Waals surface area contributed by atoms with Crippen LogP contribution in [-0.2, 0) is 20.8 Å². The van der Waals surface area contributed by atoms with Crippen molar-refractivity contribution in [3.63, 3.8) is 0 Å². The Morgan fingerprint density at radius 2 is 2.00 bits per heavy atom.